The van der Waals surface area contributed by atoms with Crippen LogP contribution in [0.2, 0.25) is 0 Å². The molecule has 7 heteroatoms. The molecular weight excluding hydrogens is 406 g/mol. The smallest absolute Gasteiger partial charge is 0.356 e. The minimum atomic E-state index is -0.599. The van der Waals surface area contributed by atoms with Gasteiger partial charge in [-0.25, -0.2) is 4.79 Å². The summed E-state index contributed by atoms with van der Waals surface area (Å²) in [5.41, 5.74) is 1.11. The minimum Gasteiger partial charge on any atom is -0.491 e. The standard InChI is InChI=1S/C14H17Br2NO4/c1-3-20-14(18)12(17-19)5-4-6-21-13-10(15)7-9(2)8-11(13)16/h7-8,19H,3-6H2,1-2H3. The third kappa shape index (κ3) is 5.67. The average Bonchev–Trinajstić information content (AvgIpc) is 2.41. The Morgan fingerprint density at radius 2 is 1.95 bits per heavy atom. The van der Waals surface area contributed by atoms with Crippen molar-refractivity contribution in [2.75, 3.05) is 13.2 Å². The van der Waals surface area contributed by atoms with Gasteiger partial charge >= 0.3 is 5.97 Å². The highest BCUT2D eigenvalue weighted by Crippen LogP contribution is 2.34. The van der Waals surface area contributed by atoms with E-state index in [0.717, 1.165) is 14.5 Å². The van der Waals surface area contributed by atoms with Crippen LogP contribution in [-0.2, 0) is 9.53 Å². The second-order valence-corrected chi connectivity index (χ2v) is 5.99. The van der Waals surface area contributed by atoms with Crippen molar-refractivity contribution in [3.63, 3.8) is 0 Å². The van der Waals surface area contributed by atoms with Crippen molar-refractivity contribution >= 4 is 43.5 Å². The summed E-state index contributed by atoms with van der Waals surface area (Å²) in [7, 11) is 0. The van der Waals surface area contributed by atoms with Crippen LogP contribution >= 0.6 is 31.9 Å². The number of halogens is 2. The molecule has 1 N–H and O–H groups in total. The molecule has 0 amide bonds. The van der Waals surface area contributed by atoms with Crippen LogP contribution in [0.15, 0.2) is 26.2 Å². The molecule has 0 bridgehead atoms. The lowest BCUT2D eigenvalue weighted by atomic mass is 10.2. The Bertz CT molecular complexity index is 509. The first-order valence-electron chi connectivity index (χ1n) is 6.46. The molecule has 0 spiro atoms. The molecule has 0 unspecified atom stereocenters. The van der Waals surface area contributed by atoms with Gasteiger partial charge in [0.05, 0.1) is 22.2 Å². The first-order chi connectivity index (χ1) is 9.99. The van der Waals surface area contributed by atoms with Gasteiger partial charge in [0.1, 0.15) is 5.75 Å². The van der Waals surface area contributed by atoms with Crippen LogP contribution < -0.4 is 4.74 Å². The quantitative estimate of drug-likeness (QED) is 0.236. The van der Waals surface area contributed by atoms with E-state index in [1.165, 1.54) is 0 Å². The van der Waals surface area contributed by atoms with Crippen LogP contribution in [0.5, 0.6) is 5.75 Å². The molecule has 0 aliphatic rings. The highest BCUT2D eigenvalue weighted by molar-refractivity contribution is 9.11. The molecule has 1 aromatic rings. The number of oxime groups is 1. The topological polar surface area (TPSA) is 68.1 Å². The summed E-state index contributed by atoms with van der Waals surface area (Å²) in [6, 6.07) is 3.92. The number of carbonyl (C=O) groups excluding carboxylic acids is 1. The summed E-state index contributed by atoms with van der Waals surface area (Å²) in [4.78, 5) is 11.4. The molecule has 0 heterocycles. The van der Waals surface area contributed by atoms with Crippen LogP contribution in [-0.4, -0.2) is 30.1 Å². The number of esters is 1. The van der Waals surface area contributed by atoms with E-state index >= 15 is 0 Å². The number of benzene rings is 1. The van der Waals surface area contributed by atoms with Crippen molar-refractivity contribution in [2.45, 2.75) is 26.7 Å². The van der Waals surface area contributed by atoms with E-state index in [1.807, 2.05) is 19.1 Å². The molecule has 21 heavy (non-hydrogen) atoms. The van der Waals surface area contributed by atoms with Crippen LogP contribution in [0.1, 0.15) is 25.3 Å². The van der Waals surface area contributed by atoms with Gasteiger partial charge in [-0.3, -0.25) is 0 Å². The third-order valence-corrected chi connectivity index (χ3v) is 3.76. The summed E-state index contributed by atoms with van der Waals surface area (Å²) < 4.78 is 12.2. The molecular formula is C14H17Br2NO4. The second kappa shape index (κ2) is 9.04. The molecule has 5 nitrogen and oxygen atoms in total. The van der Waals surface area contributed by atoms with E-state index < -0.39 is 5.97 Å². The SMILES string of the molecule is CCOC(=O)C(CCCOc1c(Br)cc(C)cc1Br)=NO. The second-order valence-electron chi connectivity index (χ2n) is 4.28. The van der Waals surface area contributed by atoms with Crippen LogP contribution in [0.4, 0.5) is 0 Å². The summed E-state index contributed by atoms with van der Waals surface area (Å²) >= 11 is 6.89. The summed E-state index contributed by atoms with van der Waals surface area (Å²) in [5.74, 6) is 0.108. The average molecular weight is 423 g/mol. The summed E-state index contributed by atoms with van der Waals surface area (Å²) in [6.07, 6.45) is 0.821. The van der Waals surface area contributed by atoms with E-state index in [2.05, 4.69) is 37.0 Å². The van der Waals surface area contributed by atoms with Crippen LogP contribution in [0, 0.1) is 6.92 Å². The first-order valence-corrected chi connectivity index (χ1v) is 8.04. The van der Waals surface area contributed by atoms with E-state index in [0.29, 0.717) is 18.8 Å². The fraction of sp³-hybridized carbons (Fsp3) is 0.429. The predicted molar refractivity (Wildman–Crippen MR) is 87.2 cm³/mol. The Morgan fingerprint density at radius 3 is 2.48 bits per heavy atom. The summed E-state index contributed by atoms with van der Waals surface area (Å²) in [5, 5.41) is 11.8. The van der Waals surface area contributed by atoms with Crippen molar-refractivity contribution in [3.05, 3.63) is 26.6 Å². The van der Waals surface area contributed by atoms with Gasteiger partial charge in [0, 0.05) is 6.42 Å². The lowest BCUT2D eigenvalue weighted by Crippen LogP contribution is -2.18. The Kier molecular flexibility index (Phi) is 7.74. The van der Waals surface area contributed by atoms with Crippen molar-refractivity contribution in [1.29, 1.82) is 0 Å². The molecule has 0 radical (unpaired) electrons. The van der Waals surface area contributed by atoms with E-state index in [-0.39, 0.29) is 18.7 Å². The lowest BCUT2D eigenvalue weighted by Gasteiger charge is -2.11. The number of hydrogen-bond donors (Lipinski definition) is 1. The zero-order chi connectivity index (χ0) is 15.8. The zero-order valence-electron chi connectivity index (χ0n) is 11.9. The molecule has 1 rings (SSSR count). The fourth-order valence-electron chi connectivity index (χ4n) is 1.65. The van der Waals surface area contributed by atoms with Crippen LogP contribution in [0.3, 0.4) is 0 Å². The molecule has 0 saturated heterocycles. The minimum absolute atomic E-state index is 0.00230. The maximum atomic E-state index is 11.4. The Hall–Kier alpha value is -1.08. The number of ether oxygens (including phenoxy) is 2. The van der Waals surface area contributed by atoms with Gasteiger partial charge in [0.25, 0.3) is 0 Å². The number of carbonyl (C=O) groups is 1. The maximum absolute atomic E-state index is 11.4. The van der Waals surface area contributed by atoms with E-state index in [1.54, 1.807) is 6.92 Å². The number of hydrogen-bond acceptors (Lipinski definition) is 5. The molecule has 0 aliphatic carbocycles. The summed E-state index contributed by atoms with van der Waals surface area (Å²) in [6.45, 7) is 4.32. The van der Waals surface area contributed by atoms with Gasteiger partial charge in [-0.15, -0.1) is 0 Å². The Balaban J connectivity index is 2.49. The van der Waals surface area contributed by atoms with Gasteiger partial charge in [-0.1, -0.05) is 5.16 Å². The van der Waals surface area contributed by atoms with Gasteiger partial charge in [-0.05, 0) is 69.8 Å². The molecule has 0 saturated carbocycles. The molecule has 0 aromatic heterocycles. The van der Waals surface area contributed by atoms with Gasteiger partial charge in [-0.2, -0.15) is 0 Å². The zero-order valence-corrected chi connectivity index (χ0v) is 15.0. The lowest BCUT2D eigenvalue weighted by molar-refractivity contribution is -0.135. The maximum Gasteiger partial charge on any atom is 0.356 e. The molecule has 0 atom stereocenters. The Labute approximate surface area is 140 Å². The van der Waals surface area contributed by atoms with Gasteiger partial charge in [0.15, 0.2) is 5.71 Å². The third-order valence-electron chi connectivity index (χ3n) is 2.58. The highest BCUT2D eigenvalue weighted by Gasteiger charge is 2.13. The molecule has 116 valence electrons. The van der Waals surface area contributed by atoms with Gasteiger partial charge in [0.2, 0.25) is 0 Å². The monoisotopic (exact) mass is 421 g/mol. The normalized spacial score (nSPS) is 11.3. The molecule has 1 aromatic carbocycles. The largest absolute Gasteiger partial charge is 0.491 e. The predicted octanol–water partition coefficient (Wildman–Crippen LogP) is 4.07. The van der Waals surface area contributed by atoms with E-state index in [9.17, 15) is 4.79 Å². The van der Waals surface area contributed by atoms with E-state index in [4.69, 9.17) is 14.7 Å². The van der Waals surface area contributed by atoms with Crippen LogP contribution in [0.25, 0.3) is 0 Å². The van der Waals surface area contributed by atoms with Crippen molar-refractivity contribution < 1.29 is 19.5 Å². The van der Waals surface area contributed by atoms with Crippen molar-refractivity contribution in [1.82, 2.24) is 0 Å². The fourth-order valence-corrected chi connectivity index (χ4v) is 3.29. The molecule has 0 fully saturated rings. The molecule has 0 aliphatic heterocycles. The number of nitrogens with zero attached hydrogens (tertiary/aromatic N) is 1. The van der Waals surface area contributed by atoms with Gasteiger partial charge < -0.3 is 14.7 Å². The number of rotatable bonds is 7. The Morgan fingerprint density at radius 1 is 1.33 bits per heavy atom. The van der Waals surface area contributed by atoms with Crippen molar-refractivity contribution in [2.24, 2.45) is 5.16 Å². The van der Waals surface area contributed by atoms with Crippen molar-refractivity contribution in [3.8, 4) is 5.75 Å². The number of aryl methyl sites for hydroxylation is 1. The first kappa shape index (κ1) is 18.0. The highest BCUT2D eigenvalue weighted by atomic mass is 79.9.